The lowest BCUT2D eigenvalue weighted by atomic mass is 9.90. The molecule has 3 aromatic heterocycles. The molecule has 1 aromatic carbocycles. The zero-order chi connectivity index (χ0) is 20.5. The van der Waals surface area contributed by atoms with E-state index in [1.165, 1.54) is 11.3 Å². The van der Waals surface area contributed by atoms with Gasteiger partial charge in [0.25, 0.3) is 5.91 Å². The van der Waals surface area contributed by atoms with Gasteiger partial charge in [-0.1, -0.05) is 12.1 Å². The third-order valence-electron chi connectivity index (χ3n) is 5.66. The molecule has 30 heavy (non-hydrogen) atoms. The predicted octanol–water partition coefficient (Wildman–Crippen LogP) is 5.84. The first-order valence-corrected chi connectivity index (χ1v) is 11.7. The molecule has 1 N–H and O–H groups in total. The largest absolute Gasteiger partial charge is 0.349 e. The van der Waals surface area contributed by atoms with Crippen molar-refractivity contribution < 1.29 is 4.79 Å². The highest BCUT2D eigenvalue weighted by Gasteiger charge is 2.28. The minimum absolute atomic E-state index is 0.0133. The summed E-state index contributed by atoms with van der Waals surface area (Å²) in [4.78, 5) is 22.6. The highest BCUT2D eigenvalue weighted by molar-refractivity contribution is 9.11. The summed E-state index contributed by atoms with van der Waals surface area (Å²) in [6, 6.07) is 16.5. The lowest BCUT2D eigenvalue weighted by Crippen LogP contribution is -2.38. The number of para-hydroxylation sites is 2. The van der Waals surface area contributed by atoms with E-state index in [4.69, 9.17) is 4.98 Å². The number of hydrogen-bond donors (Lipinski definition) is 1. The van der Waals surface area contributed by atoms with Gasteiger partial charge in [0.05, 0.1) is 19.7 Å². The van der Waals surface area contributed by atoms with Crippen LogP contribution in [0.4, 0.5) is 0 Å². The van der Waals surface area contributed by atoms with Crippen molar-refractivity contribution in [2.75, 3.05) is 0 Å². The topological polar surface area (TPSA) is 59.8 Å². The molecular formula is C23H21BrN4OS. The van der Waals surface area contributed by atoms with E-state index in [1.807, 2.05) is 30.5 Å². The average Bonchev–Trinajstić information content (AvgIpc) is 3.38. The first-order valence-electron chi connectivity index (χ1n) is 10.1. The highest BCUT2D eigenvalue weighted by atomic mass is 79.9. The van der Waals surface area contributed by atoms with Crippen LogP contribution in [0.1, 0.15) is 41.4 Å². The second-order valence-electron chi connectivity index (χ2n) is 7.63. The summed E-state index contributed by atoms with van der Waals surface area (Å²) in [6.07, 6.45) is 7.70. The smallest absolute Gasteiger partial charge is 0.261 e. The Bertz CT molecular complexity index is 1190. The molecule has 2 unspecified atom stereocenters. The van der Waals surface area contributed by atoms with Gasteiger partial charge in [-0.2, -0.15) is 0 Å². The first-order chi connectivity index (χ1) is 14.7. The lowest BCUT2D eigenvalue weighted by Gasteiger charge is -2.32. The normalized spacial score (nSPS) is 19.1. The fourth-order valence-corrected chi connectivity index (χ4v) is 5.62. The Morgan fingerprint density at radius 2 is 2.03 bits per heavy atom. The molecule has 0 aliphatic heterocycles. The van der Waals surface area contributed by atoms with Crippen molar-refractivity contribution in [2.24, 2.45) is 0 Å². The maximum absolute atomic E-state index is 12.7. The molecule has 2 atom stereocenters. The number of rotatable bonds is 4. The van der Waals surface area contributed by atoms with Crippen LogP contribution in [-0.2, 0) is 0 Å². The predicted molar refractivity (Wildman–Crippen MR) is 124 cm³/mol. The van der Waals surface area contributed by atoms with Gasteiger partial charge >= 0.3 is 0 Å². The number of carbonyl (C=O) groups excluding carboxylic acids is 1. The number of aromatic nitrogens is 3. The third-order valence-corrected chi connectivity index (χ3v) is 7.28. The summed E-state index contributed by atoms with van der Waals surface area (Å²) < 4.78 is 3.33. The van der Waals surface area contributed by atoms with Gasteiger partial charge in [0.1, 0.15) is 5.82 Å². The number of carbonyl (C=O) groups is 1. The second-order valence-corrected chi connectivity index (χ2v) is 10.1. The zero-order valence-corrected chi connectivity index (χ0v) is 18.7. The maximum Gasteiger partial charge on any atom is 0.261 e. The van der Waals surface area contributed by atoms with Crippen LogP contribution in [0.15, 0.2) is 64.7 Å². The van der Waals surface area contributed by atoms with Crippen molar-refractivity contribution in [3.63, 3.8) is 0 Å². The number of benzene rings is 1. The van der Waals surface area contributed by atoms with Gasteiger partial charge in [0.15, 0.2) is 0 Å². The van der Waals surface area contributed by atoms with Crippen molar-refractivity contribution >= 4 is 44.2 Å². The standard InChI is InChI=1S/C23H21BrN4OS/c24-21-11-10-20(30-21)23(29)26-16-6-3-7-17(13-16)28-19-9-2-1-8-18(19)27-22(28)15-5-4-12-25-14-15/h1-2,4-5,8-12,14,16-17H,3,6-7,13H2,(H,26,29). The van der Waals surface area contributed by atoms with Gasteiger partial charge in [-0.05, 0) is 78.0 Å². The fourth-order valence-electron chi connectivity index (χ4n) is 4.34. The molecule has 7 heteroatoms. The lowest BCUT2D eigenvalue weighted by molar-refractivity contribution is 0.0925. The van der Waals surface area contributed by atoms with E-state index in [0.29, 0.717) is 0 Å². The summed E-state index contributed by atoms with van der Waals surface area (Å²) in [7, 11) is 0. The van der Waals surface area contributed by atoms with Crippen molar-refractivity contribution in [2.45, 2.75) is 37.8 Å². The molecule has 5 nitrogen and oxygen atoms in total. The number of halogens is 1. The van der Waals surface area contributed by atoms with Gasteiger partial charge in [0, 0.05) is 30.0 Å². The Morgan fingerprint density at radius 3 is 2.83 bits per heavy atom. The summed E-state index contributed by atoms with van der Waals surface area (Å²) in [6.45, 7) is 0. The number of nitrogens with zero attached hydrogens (tertiary/aromatic N) is 3. The van der Waals surface area contributed by atoms with E-state index in [-0.39, 0.29) is 18.0 Å². The van der Waals surface area contributed by atoms with Gasteiger partial charge in [-0.15, -0.1) is 11.3 Å². The van der Waals surface area contributed by atoms with E-state index in [9.17, 15) is 4.79 Å². The van der Waals surface area contributed by atoms with Crippen LogP contribution in [0, 0.1) is 0 Å². The molecule has 0 bridgehead atoms. The van der Waals surface area contributed by atoms with Crippen molar-refractivity contribution in [3.05, 3.63) is 69.6 Å². The Kier molecular flexibility index (Phi) is 5.39. The van der Waals surface area contributed by atoms with Crippen molar-refractivity contribution in [3.8, 4) is 11.4 Å². The molecule has 0 radical (unpaired) electrons. The van der Waals surface area contributed by atoms with E-state index >= 15 is 0 Å². The molecule has 1 aliphatic carbocycles. The first kappa shape index (κ1) is 19.5. The van der Waals surface area contributed by atoms with E-state index < -0.39 is 0 Å². The molecule has 0 spiro atoms. The van der Waals surface area contributed by atoms with Crippen molar-refractivity contribution in [1.29, 1.82) is 0 Å². The summed E-state index contributed by atoms with van der Waals surface area (Å²) in [5, 5.41) is 3.25. The molecule has 1 saturated carbocycles. The Morgan fingerprint density at radius 1 is 1.13 bits per heavy atom. The molecule has 1 aliphatic rings. The maximum atomic E-state index is 12.7. The SMILES string of the molecule is O=C(NC1CCCC(n2c(-c3cccnc3)nc3ccccc32)C1)c1ccc(Br)s1. The Hall–Kier alpha value is -2.51. The molecule has 0 saturated heterocycles. The number of amides is 1. The third kappa shape index (κ3) is 3.79. The molecule has 1 amide bonds. The van der Waals surface area contributed by atoms with Gasteiger partial charge in [-0.3, -0.25) is 9.78 Å². The van der Waals surface area contributed by atoms with Gasteiger partial charge in [0.2, 0.25) is 0 Å². The van der Waals surface area contributed by atoms with Crippen molar-refractivity contribution in [1.82, 2.24) is 19.9 Å². The Labute approximate surface area is 187 Å². The number of thiophene rings is 1. The summed E-state index contributed by atoms with van der Waals surface area (Å²) >= 11 is 4.90. The van der Waals surface area contributed by atoms with Gasteiger partial charge in [-0.25, -0.2) is 4.98 Å². The number of imidazole rings is 1. The highest BCUT2D eigenvalue weighted by Crippen LogP contribution is 2.36. The van der Waals surface area contributed by atoms with Gasteiger partial charge < -0.3 is 9.88 Å². The molecule has 3 heterocycles. The molecular weight excluding hydrogens is 460 g/mol. The van der Waals surface area contributed by atoms with Crippen LogP contribution in [-0.4, -0.2) is 26.5 Å². The monoisotopic (exact) mass is 480 g/mol. The minimum Gasteiger partial charge on any atom is -0.349 e. The van der Waals surface area contributed by atoms with Crippen LogP contribution in [0.25, 0.3) is 22.4 Å². The quantitative estimate of drug-likeness (QED) is 0.399. The summed E-state index contributed by atoms with van der Waals surface area (Å²) in [5.41, 5.74) is 3.14. The van der Waals surface area contributed by atoms with Crippen LogP contribution < -0.4 is 5.32 Å². The number of fused-ring (bicyclic) bond motifs is 1. The van der Waals surface area contributed by atoms with Crippen LogP contribution >= 0.6 is 27.3 Å². The zero-order valence-electron chi connectivity index (χ0n) is 16.3. The number of nitrogens with one attached hydrogen (secondary N) is 1. The minimum atomic E-state index is 0.0133. The van der Waals surface area contributed by atoms with Crippen LogP contribution in [0.5, 0.6) is 0 Å². The molecule has 1 fully saturated rings. The van der Waals surface area contributed by atoms with E-state index in [1.54, 1.807) is 6.20 Å². The Balaban J connectivity index is 1.45. The van der Waals surface area contributed by atoms with Crippen LogP contribution in [0.3, 0.4) is 0 Å². The van der Waals surface area contributed by atoms with E-state index in [2.05, 4.69) is 55.1 Å². The second kappa shape index (κ2) is 8.32. The molecule has 5 rings (SSSR count). The average molecular weight is 481 g/mol. The summed E-state index contributed by atoms with van der Waals surface area (Å²) in [5.74, 6) is 0.961. The number of pyridine rings is 1. The fraction of sp³-hybridized carbons (Fsp3) is 0.261. The van der Waals surface area contributed by atoms with Crippen LogP contribution in [0.2, 0.25) is 0 Å². The van der Waals surface area contributed by atoms with E-state index in [0.717, 1.165) is 56.8 Å². The molecule has 4 aromatic rings. The molecule has 152 valence electrons. The number of hydrogen-bond acceptors (Lipinski definition) is 4.